The SMILES string of the molecule is CCC(O)C(N)C(=O)[O-].[Na+]. The molecular weight excluding hydrogens is 145 g/mol. The summed E-state index contributed by atoms with van der Waals surface area (Å²) in [5, 5.41) is 18.7. The quantitative estimate of drug-likeness (QED) is 0.399. The normalized spacial score (nSPS) is 15.1. The van der Waals surface area contributed by atoms with Crippen LogP contribution in [0.5, 0.6) is 0 Å². The summed E-state index contributed by atoms with van der Waals surface area (Å²) >= 11 is 0. The summed E-state index contributed by atoms with van der Waals surface area (Å²) in [5.41, 5.74) is 4.96. The molecule has 0 aromatic carbocycles. The second-order valence-corrected chi connectivity index (χ2v) is 1.82. The molecule has 10 heavy (non-hydrogen) atoms. The molecule has 0 aromatic heterocycles. The van der Waals surface area contributed by atoms with Gasteiger partial charge in [-0.1, -0.05) is 6.92 Å². The van der Waals surface area contributed by atoms with Gasteiger partial charge in [-0.3, -0.25) is 0 Å². The molecule has 5 heteroatoms. The molecule has 0 aliphatic carbocycles. The first kappa shape index (κ1) is 13.0. The molecule has 2 atom stereocenters. The van der Waals surface area contributed by atoms with Gasteiger partial charge >= 0.3 is 29.6 Å². The predicted molar refractivity (Wildman–Crippen MR) is 29.3 cm³/mol. The van der Waals surface area contributed by atoms with Gasteiger partial charge in [0.15, 0.2) is 0 Å². The van der Waals surface area contributed by atoms with Gasteiger partial charge < -0.3 is 20.7 Å². The van der Waals surface area contributed by atoms with Crippen molar-refractivity contribution in [3.63, 3.8) is 0 Å². The Bertz CT molecular complexity index is 109. The van der Waals surface area contributed by atoms with E-state index in [1.54, 1.807) is 6.92 Å². The maximum Gasteiger partial charge on any atom is 1.00 e. The van der Waals surface area contributed by atoms with Crippen molar-refractivity contribution >= 4 is 5.97 Å². The van der Waals surface area contributed by atoms with E-state index in [2.05, 4.69) is 0 Å². The fourth-order valence-corrected chi connectivity index (χ4v) is 0.411. The van der Waals surface area contributed by atoms with E-state index in [9.17, 15) is 9.90 Å². The van der Waals surface area contributed by atoms with Crippen LogP contribution in [0.1, 0.15) is 13.3 Å². The molecule has 4 nitrogen and oxygen atoms in total. The van der Waals surface area contributed by atoms with Gasteiger partial charge in [0, 0.05) is 0 Å². The molecule has 0 bridgehead atoms. The van der Waals surface area contributed by atoms with Crippen LogP contribution in [0.3, 0.4) is 0 Å². The van der Waals surface area contributed by atoms with Crippen LogP contribution in [0.25, 0.3) is 0 Å². The standard InChI is InChI=1S/C5H11NO3.Na/c1-2-3(7)4(6)5(8)9;/h3-4,7H,2,6H2,1H3,(H,8,9);/q;+1/p-1. The molecule has 0 fully saturated rings. The van der Waals surface area contributed by atoms with E-state index in [0.717, 1.165) is 0 Å². The molecule has 0 heterocycles. The first-order chi connectivity index (χ1) is 4.09. The topological polar surface area (TPSA) is 86.4 Å². The van der Waals surface area contributed by atoms with Crippen molar-refractivity contribution in [1.29, 1.82) is 0 Å². The third-order valence-corrected chi connectivity index (χ3v) is 1.10. The molecule has 0 aliphatic heterocycles. The van der Waals surface area contributed by atoms with E-state index in [1.807, 2.05) is 0 Å². The molecule has 0 saturated heterocycles. The molecule has 3 N–H and O–H groups in total. The van der Waals surface area contributed by atoms with Crippen molar-refractivity contribution in [3.05, 3.63) is 0 Å². The number of nitrogens with two attached hydrogens (primary N) is 1. The summed E-state index contributed by atoms with van der Waals surface area (Å²) in [5.74, 6) is -1.41. The molecule has 0 aromatic rings. The smallest absolute Gasteiger partial charge is 0.548 e. The Balaban J connectivity index is 0. The minimum absolute atomic E-state index is 0. The van der Waals surface area contributed by atoms with Gasteiger partial charge in [-0.15, -0.1) is 0 Å². The molecule has 0 amide bonds. The van der Waals surface area contributed by atoms with Crippen LogP contribution in [-0.4, -0.2) is 23.2 Å². The number of carbonyl (C=O) groups excluding carboxylic acids is 1. The number of carbonyl (C=O) groups is 1. The van der Waals surface area contributed by atoms with Gasteiger partial charge in [-0.25, -0.2) is 0 Å². The molecule has 0 spiro atoms. The number of carboxylic acids is 1. The molecule has 0 aliphatic rings. The van der Waals surface area contributed by atoms with Crippen molar-refractivity contribution < 1.29 is 44.6 Å². The van der Waals surface area contributed by atoms with Crippen LogP contribution >= 0.6 is 0 Å². The zero-order valence-corrected chi connectivity index (χ0v) is 8.20. The fraction of sp³-hybridized carbons (Fsp3) is 0.800. The first-order valence-electron chi connectivity index (χ1n) is 2.74. The fourth-order valence-electron chi connectivity index (χ4n) is 0.411. The molecule has 54 valence electrons. The monoisotopic (exact) mass is 155 g/mol. The average Bonchev–Trinajstić information content (AvgIpc) is 1.84. The van der Waals surface area contributed by atoms with E-state index < -0.39 is 18.1 Å². The van der Waals surface area contributed by atoms with Crippen molar-refractivity contribution in [1.82, 2.24) is 0 Å². The van der Waals surface area contributed by atoms with Gasteiger partial charge in [-0.2, -0.15) is 0 Å². The number of aliphatic hydroxyl groups excluding tert-OH is 1. The number of rotatable bonds is 3. The summed E-state index contributed by atoms with van der Waals surface area (Å²) < 4.78 is 0. The van der Waals surface area contributed by atoms with Crippen molar-refractivity contribution in [2.24, 2.45) is 5.73 Å². The zero-order valence-electron chi connectivity index (χ0n) is 6.20. The third kappa shape index (κ3) is 4.24. The van der Waals surface area contributed by atoms with Crippen molar-refractivity contribution in [3.8, 4) is 0 Å². The number of hydrogen-bond acceptors (Lipinski definition) is 4. The van der Waals surface area contributed by atoms with Crippen LogP contribution in [0.4, 0.5) is 0 Å². The molecule has 0 saturated carbocycles. The Morgan fingerprint density at radius 1 is 1.80 bits per heavy atom. The Kier molecular flexibility index (Phi) is 7.97. The zero-order chi connectivity index (χ0) is 7.44. The Morgan fingerprint density at radius 2 is 2.20 bits per heavy atom. The summed E-state index contributed by atoms with van der Waals surface area (Å²) in [6.07, 6.45) is -0.662. The molecule has 2 unspecified atom stereocenters. The molecule has 0 rings (SSSR count). The van der Waals surface area contributed by atoms with Crippen molar-refractivity contribution in [2.75, 3.05) is 0 Å². The van der Waals surface area contributed by atoms with Crippen LogP contribution in [-0.2, 0) is 4.79 Å². The Hall–Kier alpha value is 0.390. The van der Waals surface area contributed by atoms with Crippen molar-refractivity contribution in [2.45, 2.75) is 25.5 Å². The van der Waals surface area contributed by atoms with Crippen LogP contribution in [0.2, 0.25) is 0 Å². The van der Waals surface area contributed by atoms with E-state index >= 15 is 0 Å². The van der Waals surface area contributed by atoms with Gasteiger partial charge in [0.25, 0.3) is 0 Å². The van der Waals surface area contributed by atoms with E-state index in [1.165, 1.54) is 0 Å². The summed E-state index contributed by atoms with van der Waals surface area (Å²) in [6.45, 7) is 1.65. The Morgan fingerprint density at radius 3 is 2.30 bits per heavy atom. The van der Waals surface area contributed by atoms with Gasteiger partial charge in [0.2, 0.25) is 0 Å². The summed E-state index contributed by atoms with van der Waals surface area (Å²) in [7, 11) is 0. The Labute approximate surface area is 81.7 Å². The number of aliphatic hydroxyl groups is 1. The second kappa shape index (κ2) is 6.12. The maximum absolute atomic E-state index is 9.90. The van der Waals surface area contributed by atoms with Gasteiger partial charge in [0.05, 0.1) is 18.1 Å². The third-order valence-electron chi connectivity index (χ3n) is 1.10. The molecule has 0 radical (unpaired) electrons. The van der Waals surface area contributed by atoms with Crippen LogP contribution in [0, 0.1) is 0 Å². The summed E-state index contributed by atoms with van der Waals surface area (Å²) in [6, 6.07) is -1.25. The minimum Gasteiger partial charge on any atom is -0.548 e. The van der Waals surface area contributed by atoms with Gasteiger partial charge in [0.1, 0.15) is 0 Å². The maximum atomic E-state index is 9.90. The van der Waals surface area contributed by atoms with Gasteiger partial charge in [-0.05, 0) is 6.42 Å². The number of hydrogen-bond donors (Lipinski definition) is 2. The van der Waals surface area contributed by atoms with E-state index in [-0.39, 0.29) is 29.6 Å². The number of carboxylic acid groups (broad SMARTS) is 1. The average molecular weight is 155 g/mol. The van der Waals surface area contributed by atoms with E-state index in [4.69, 9.17) is 10.8 Å². The van der Waals surface area contributed by atoms with Crippen LogP contribution < -0.4 is 40.4 Å². The second-order valence-electron chi connectivity index (χ2n) is 1.82. The van der Waals surface area contributed by atoms with E-state index in [0.29, 0.717) is 6.42 Å². The van der Waals surface area contributed by atoms with Crippen LogP contribution in [0.15, 0.2) is 0 Å². The summed E-state index contributed by atoms with van der Waals surface area (Å²) in [4.78, 5) is 9.90. The molecular formula is C5H10NNaO3. The predicted octanol–water partition coefficient (Wildman–Crippen LogP) is -5.16. The first-order valence-corrected chi connectivity index (χ1v) is 2.74. The minimum atomic E-state index is -1.41. The largest absolute Gasteiger partial charge is 1.00 e. The number of aliphatic carboxylic acids is 1.